The molecule has 2 amide bonds. The Balaban J connectivity index is 0.00000210. The number of nitrogens with two attached hydrogens (primary N) is 1. The summed E-state index contributed by atoms with van der Waals surface area (Å²) in [6.07, 6.45) is 5.12. The van der Waals surface area contributed by atoms with Gasteiger partial charge in [0.05, 0.1) is 25.5 Å². The summed E-state index contributed by atoms with van der Waals surface area (Å²) in [4.78, 5) is 30.8. The number of aliphatic imine (C=N–C) groups is 1. The first-order valence-corrected chi connectivity index (χ1v) is 8.83. The summed E-state index contributed by atoms with van der Waals surface area (Å²) >= 11 is 0. The smallest absolute Gasteiger partial charge is 0.233 e. The third kappa shape index (κ3) is 3.54. The summed E-state index contributed by atoms with van der Waals surface area (Å²) in [5.41, 5.74) is 6.66. The molecule has 4 atom stereocenters. The van der Waals surface area contributed by atoms with Crippen LogP contribution in [0.3, 0.4) is 0 Å². The van der Waals surface area contributed by atoms with Gasteiger partial charge in [-0.25, -0.2) is 0 Å². The van der Waals surface area contributed by atoms with Crippen LogP contribution in [0.2, 0.25) is 0 Å². The van der Waals surface area contributed by atoms with Gasteiger partial charge in [-0.1, -0.05) is 18.2 Å². The first-order valence-electron chi connectivity index (χ1n) is 8.83. The molecule has 1 aliphatic heterocycles. The number of hydrogen-bond acceptors (Lipinski definition) is 4. The zero-order chi connectivity index (χ0) is 18.3. The van der Waals surface area contributed by atoms with Crippen molar-refractivity contribution in [2.24, 2.45) is 34.4 Å². The number of carbonyl (C=O) groups excluding carboxylic acids is 2. The Morgan fingerprint density at radius 1 is 1.26 bits per heavy atom. The minimum atomic E-state index is -0.159. The van der Waals surface area contributed by atoms with Gasteiger partial charge in [0.25, 0.3) is 0 Å². The van der Waals surface area contributed by atoms with E-state index in [0.29, 0.717) is 5.75 Å². The van der Waals surface area contributed by atoms with E-state index in [1.807, 2.05) is 18.2 Å². The van der Waals surface area contributed by atoms with E-state index in [1.165, 1.54) is 4.90 Å². The average molecular weight is 482 g/mol. The van der Waals surface area contributed by atoms with Gasteiger partial charge < -0.3 is 15.8 Å². The number of hydrogen-bond donors (Lipinski definition) is 2. The van der Waals surface area contributed by atoms with E-state index >= 15 is 0 Å². The molecule has 1 saturated carbocycles. The topological polar surface area (TPSA) is 97.0 Å². The number of methoxy groups -OCH3 is 1. The van der Waals surface area contributed by atoms with Crippen molar-refractivity contribution in [3.63, 3.8) is 0 Å². The van der Waals surface area contributed by atoms with Crippen LogP contribution in [0.15, 0.2) is 41.4 Å². The molecule has 1 aromatic rings. The van der Waals surface area contributed by atoms with Crippen molar-refractivity contribution < 1.29 is 14.3 Å². The Morgan fingerprint density at radius 3 is 2.56 bits per heavy atom. The minimum absolute atomic E-state index is 0. The van der Waals surface area contributed by atoms with Crippen molar-refractivity contribution in [1.29, 1.82) is 0 Å². The quantitative estimate of drug-likeness (QED) is 0.220. The normalized spacial score (nSPS) is 28.3. The third-order valence-corrected chi connectivity index (χ3v) is 5.51. The van der Waals surface area contributed by atoms with E-state index in [2.05, 4.69) is 22.5 Å². The van der Waals surface area contributed by atoms with Crippen molar-refractivity contribution in [2.75, 3.05) is 25.5 Å². The van der Waals surface area contributed by atoms with Gasteiger partial charge in [0.2, 0.25) is 11.8 Å². The van der Waals surface area contributed by atoms with E-state index in [0.717, 1.165) is 12.1 Å². The second kappa shape index (κ2) is 7.87. The molecular formula is C19H23IN4O3. The first kappa shape index (κ1) is 19.7. The zero-order valence-corrected chi connectivity index (χ0v) is 17.3. The van der Waals surface area contributed by atoms with E-state index in [4.69, 9.17) is 10.5 Å². The maximum atomic E-state index is 12.6. The molecular weight excluding hydrogens is 459 g/mol. The molecule has 3 N–H and O–H groups in total. The summed E-state index contributed by atoms with van der Waals surface area (Å²) < 4.78 is 5.16. The Bertz CT molecular complexity index is 780. The van der Waals surface area contributed by atoms with Crippen LogP contribution in [0, 0.1) is 23.7 Å². The molecule has 2 fully saturated rings. The van der Waals surface area contributed by atoms with Crippen LogP contribution in [0.5, 0.6) is 5.75 Å². The van der Waals surface area contributed by atoms with E-state index in [1.54, 1.807) is 13.2 Å². The van der Waals surface area contributed by atoms with Crippen molar-refractivity contribution >= 4 is 47.4 Å². The second-order valence-electron chi connectivity index (χ2n) is 6.95. The number of rotatable bonds is 5. The maximum absolute atomic E-state index is 12.6. The first-order chi connectivity index (χ1) is 12.6. The highest BCUT2D eigenvalue weighted by Gasteiger charge is 2.58. The SMILES string of the molecule is COc1cccc(NC(N)=NCCN2C(=O)C3C4C=CC(C4)C3C2=O)c1.I. The number of ether oxygens (including phenoxy) is 1. The van der Waals surface area contributed by atoms with Crippen LogP contribution < -0.4 is 15.8 Å². The lowest BCUT2D eigenvalue weighted by molar-refractivity contribution is -0.140. The van der Waals surface area contributed by atoms with E-state index in [-0.39, 0.29) is 78.5 Å². The lowest BCUT2D eigenvalue weighted by Gasteiger charge is -2.16. The molecule has 1 saturated heterocycles. The van der Waals surface area contributed by atoms with Gasteiger partial charge in [-0.3, -0.25) is 19.5 Å². The minimum Gasteiger partial charge on any atom is -0.497 e. The van der Waals surface area contributed by atoms with E-state index < -0.39 is 0 Å². The lowest BCUT2D eigenvalue weighted by Crippen LogP contribution is -2.35. The van der Waals surface area contributed by atoms with Gasteiger partial charge in [0.15, 0.2) is 5.96 Å². The molecule has 1 heterocycles. The Labute approximate surface area is 175 Å². The zero-order valence-electron chi connectivity index (χ0n) is 15.0. The lowest BCUT2D eigenvalue weighted by atomic mass is 9.85. The van der Waals surface area contributed by atoms with Gasteiger partial charge in [0.1, 0.15) is 5.75 Å². The molecule has 2 bridgehead atoms. The third-order valence-electron chi connectivity index (χ3n) is 5.51. The van der Waals surface area contributed by atoms with Gasteiger partial charge in [0, 0.05) is 18.3 Å². The number of fused-ring (bicyclic) bond motifs is 5. The standard InChI is InChI=1S/C19H22N4O3.HI/c1-26-14-4-2-3-13(10-14)22-19(20)21-7-8-23-17(24)15-11-5-6-12(9-11)16(15)18(23)25;/h2-6,10-12,15-16H,7-9H2,1H3,(H3,20,21,22);1H. The molecule has 4 rings (SSSR count). The Hall–Kier alpha value is -2.10. The predicted molar refractivity (Wildman–Crippen MR) is 113 cm³/mol. The van der Waals surface area contributed by atoms with Gasteiger partial charge in [-0.2, -0.15) is 0 Å². The summed E-state index contributed by atoms with van der Waals surface area (Å²) in [7, 11) is 1.59. The highest BCUT2D eigenvalue weighted by Crippen LogP contribution is 2.52. The number of nitrogens with zero attached hydrogens (tertiary/aromatic N) is 2. The van der Waals surface area contributed by atoms with Gasteiger partial charge in [-0.15, -0.1) is 24.0 Å². The Kier molecular flexibility index (Phi) is 5.73. The van der Waals surface area contributed by atoms with Crippen LogP contribution in [0.4, 0.5) is 5.69 Å². The number of likely N-dealkylation sites (tertiary alicyclic amines) is 1. The molecule has 4 unspecified atom stereocenters. The van der Waals surface area contributed by atoms with Crippen molar-refractivity contribution in [3.05, 3.63) is 36.4 Å². The molecule has 7 nitrogen and oxygen atoms in total. The predicted octanol–water partition coefficient (Wildman–Crippen LogP) is 1.85. The van der Waals surface area contributed by atoms with Gasteiger partial charge in [-0.05, 0) is 30.4 Å². The summed E-state index contributed by atoms with van der Waals surface area (Å²) in [6, 6.07) is 7.33. The number of halogens is 1. The summed E-state index contributed by atoms with van der Waals surface area (Å²) in [5, 5.41) is 2.98. The number of amides is 2. The number of imide groups is 1. The molecule has 1 aromatic carbocycles. The summed E-state index contributed by atoms with van der Waals surface area (Å²) in [5.74, 6) is 0.995. The highest BCUT2D eigenvalue weighted by atomic mass is 127. The molecule has 0 aromatic heterocycles. The van der Waals surface area contributed by atoms with Crippen molar-refractivity contribution in [2.45, 2.75) is 6.42 Å². The second-order valence-corrected chi connectivity index (χ2v) is 6.95. The van der Waals surface area contributed by atoms with Crippen LogP contribution in [-0.2, 0) is 9.59 Å². The number of nitrogens with one attached hydrogen (secondary N) is 1. The van der Waals surface area contributed by atoms with Crippen LogP contribution in [0.1, 0.15) is 6.42 Å². The fourth-order valence-electron chi connectivity index (χ4n) is 4.34. The largest absolute Gasteiger partial charge is 0.497 e. The van der Waals surface area contributed by atoms with E-state index in [9.17, 15) is 9.59 Å². The number of anilines is 1. The van der Waals surface area contributed by atoms with Crippen molar-refractivity contribution in [3.8, 4) is 5.75 Å². The number of allylic oxidation sites excluding steroid dienone is 2. The molecule has 8 heteroatoms. The highest BCUT2D eigenvalue weighted by molar-refractivity contribution is 14.0. The monoisotopic (exact) mass is 482 g/mol. The van der Waals surface area contributed by atoms with Crippen molar-refractivity contribution in [1.82, 2.24) is 4.90 Å². The fourth-order valence-corrected chi connectivity index (χ4v) is 4.34. The maximum Gasteiger partial charge on any atom is 0.233 e. The molecule has 27 heavy (non-hydrogen) atoms. The average Bonchev–Trinajstić information content (AvgIpc) is 3.31. The fraction of sp³-hybridized carbons (Fsp3) is 0.421. The number of guanidine groups is 1. The summed E-state index contributed by atoms with van der Waals surface area (Å²) in [6.45, 7) is 0.549. The van der Waals surface area contributed by atoms with Gasteiger partial charge >= 0.3 is 0 Å². The van der Waals surface area contributed by atoms with Crippen LogP contribution in [0.25, 0.3) is 0 Å². The molecule has 144 valence electrons. The number of carbonyl (C=O) groups is 2. The number of benzene rings is 1. The Morgan fingerprint density at radius 2 is 1.93 bits per heavy atom. The molecule has 2 aliphatic carbocycles. The van der Waals surface area contributed by atoms with Crippen LogP contribution >= 0.6 is 24.0 Å². The molecule has 0 radical (unpaired) electrons. The molecule has 0 spiro atoms. The molecule has 3 aliphatic rings. The van der Waals surface area contributed by atoms with Crippen LogP contribution in [-0.4, -0.2) is 42.9 Å².